The normalized spacial score (nSPS) is 13.9. The smallest absolute Gasteiger partial charge is 0.300 e. The minimum Gasteiger partial charge on any atom is -0.461 e. The number of amides is 2. The molecule has 1 aliphatic carbocycles. The maximum atomic E-state index is 13.8. The summed E-state index contributed by atoms with van der Waals surface area (Å²) in [5.74, 6) is -3.62. The van der Waals surface area contributed by atoms with Crippen molar-refractivity contribution in [2.75, 3.05) is 5.32 Å². The Bertz CT molecular complexity index is 1460. The van der Waals surface area contributed by atoms with Crippen molar-refractivity contribution in [3.63, 3.8) is 0 Å². The van der Waals surface area contributed by atoms with E-state index in [9.17, 15) is 23.2 Å². The third-order valence-corrected chi connectivity index (χ3v) is 6.39. The van der Waals surface area contributed by atoms with Crippen LogP contribution in [0.15, 0.2) is 83.6 Å². The van der Waals surface area contributed by atoms with E-state index in [1.165, 1.54) is 24.6 Å². The van der Waals surface area contributed by atoms with Crippen LogP contribution in [0.1, 0.15) is 45.7 Å². The molecule has 1 aliphatic rings. The van der Waals surface area contributed by atoms with E-state index in [0.29, 0.717) is 18.5 Å². The van der Waals surface area contributed by atoms with Gasteiger partial charge in [-0.25, -0.2) is 8.78 Å². The molecule has 0 atom stereocenters. The third-order valence-electron chi connectivity index (χ3n) is 6.39. The van der Waals surface area contributed by atoms with Crippen molar-refractivity contribution in [3.8, 4) is 11.3 Å². The number of pyridine rings is 1. The van der Waals surface area contributed by atoms with Crippen molar-refractivity contribution in [1.82, 2.24) is 10.3 Å². The lowest BCUT2D eigenvalue weighted by Crippen LogP contribution is -2.50. The maximum absolute atomic E-state index is 13.8. The number of hydrogen-bond acceptors (Lipinski definition) is 5. The number of halogens is 2. The predicted molar refractivity (Wildman–Crippen MR) is 131 cm³/mol. The van der Waals surface area contributed by atoms with Gasteiger partial charge in [0.15, 0.2) is 5.76 Å². The Balaban J connectivity index is 1.34. The number of Topliss-reactive ketones (excluding diaryl/α,β-unsaturated/α-hetero) is 1. The van der Waals surface area contributed by atoms with Crippen LogP contribution in [-0.4, -0.2) is 22.6 Å². The highest BCUT2D eigenvalue weighted by atomic mass is 19.1. The summed E-state index contributed by atoms with van der Waals surface area (Å²) in [6.45, 7) is 0. The van der Waals surface area contributed by atoms with Gasteiger partial charge in [-0.15, -0.1) is 0 Å². The van der Waals surface area contributed by atoms with Crippen LogP contribution < -0.4 is 10.6 Å². The van der Waals surface area contributed by atoms with Gasteiger partial charge in [-0.05, 0) is 73.4 Å². The molecule has 37 heavy (non-hydrogen) atoms. The van der Waals surface area contributed by atoms with Crippen molar-refractivity contribution in [3.05, 3.63) is 108 Å². The number of anilines is 1. The van der Waals surface area contributed by atoms with Gasteiger partial charge in [0.25, 0.3) is 17.6 Å². The van der Waals surface area contributed by atoms with Gasteiger partial charge in [0.05, 0.1) is 23.1 Å². The zero-order chi connectivity index (χ0) is 26.0. The van der Waals surface area contributed by atoms with Gasteiger partial charge in [0.1, 0.15) is 11.6 Å². The Morgan fingerprint density at radius 2 is 1.65 bits per heavy atom. The fourth-order valence-electron chi connectivity index (χ4n) is 4.39. The lowest BCUT2D eigenvalue weighted by atomic mass is 9.71. The van der Waals surface area contributed by atoms with Gasteiger partial charge < -0.3 is 15.1 Å². The zero-order valence-electron chi connectivity index (χ0n) is 19.5. The van der Waals surface area contributed by atoms with Gasteiger partial charge in [-0.2, -0.15) is 0 Å². The monoisotopic (exact) mass is 501 g/mol. The van der Waals surface area contributed by atoms with Crippen LogP contribution in [0.4, 0.5) is 14.5 Å². The molecule has 4 aromatic rings. The summed E-state index contributed by atoms with van der Waals surface area (Å²) < 4.78 is 32.6. The number of ketones is 1. The molecule has 1 fully saturated rings. The second-order valence-corrected chi connectivity index (χ2v) is 8.79. The molecule has 2 aromatic carbocycles. The molecule has 0 unspecified atom stereocenters. The summed E-state index contributed by atoms with van der Waals surface area (Å²) in [6, 6.07) is 15.9. The number of furan rings is 1. The van der Waals surface area contributed by atoms with Crippen LogP contribution in [0.3, 0.4) is 0 Å². The largest absolute Gasteiger partial charge is 0.461 e. The molecule has 0 bridgehead atoms. The second-order valence-electron chi connectivity index (χ2n) is 8.79. The average Bonchev–Trinajstić information content (AvgIpc) is 3.41. The van der Waals surface area contributed by atoms with E-state index in [0.717, 1.165) is 30.2 Å². The summed E-state index contributed by atoms with van der Waals surface area (Å²) in [7, 11) is 0. The number of carbonyl (C=O) groups is 3. The Labute approximate surface area is 210 Å². The first-order valence-electron chi connectivity index (χ1n) is 11.6. The fourth-order valence-corrected chi connectivity index (χ4v) is 4.39. The van der Waals surface area contributed by atoms with E-state index < -0.39 is 34.8 Å². The van der Waals surface area contributed by atoms with Crippen molar-refractivity contribution >= 4 is 23.3 Å². The summed E-state index contributed by atoms with van der Waals surface area (Å²) in [5.41, 5.74) is 1.12. The number of benzene rings is 2. The van der Waals surface area contributed by atoms with Crippen LogP contribution in [0.2, 0.25) is 0 Å². The molecule has 0 radical (unpaired) electrons. The number of carbonyl (C=O) groups excluding carboxylic acids is 3. The summed E-state index contributed by atoms with van der Waals surface area (Å²) in [4.78, 5) is 41.9. The Morgan fingerprint density at radius 1 is 0.919 bits per heavy atom. The molecule has 2 aromatic heterocycles. The SMILES string of the molecule is O=C(Nc1ccc(C2(NC(=O)c3cccnc3-c3cc(F)cc(F)c3)CCC2)cc1)C(=O)c1ccco1. The van der Waals surface area contributed by atoms with Crippen molar-refractivity contribution in [2.24, 2.45) is 0 Å². The predicted octanol–water partition coefficient (Wildman–Crippen LogP) is 5.25. The molecule has 9 heteroatoms. The fraction of sp³-hybridized carbons (Fsp3) is 0.143. The van der Waals surface area contributed by atoms with Gasteiger partial charge in [-0.1, -0.05) is 12.1 Å². The Morgan fingerprint density at radius 3 is 2.27 bits per heavy atom. The van der Waals surface area contributed by atoms with Gasteiger partial charge in [-0.3, -0.25) is 19.4 Å². The number of aromatic nitrogens is 1. The van der Waals surface area contributed by atoms with Gasteiger partial charge in [0, 0.05) is 23.5 Å². The number of nitrogens with zero attached hydrogens (tertiary/aromatic N) is 1. The highest BCUT2D eigenvalue weighted by Crippen LogP contribution is 2.42. The first kappa shape index (κ1) is 24.1. The molecule has 0 aliphatic heterocycles. The topological polar surface area (TPSA) is 101 Å². The molecule has 2 heterocycles. The average molecular weight is 501 g/mol. The quantitative estimate of drug-likeness (QED) is 0.266. The highest BCUT2D eigenvalue weighted by Gasteiger charge is 2.40. The highest BCUT2D eigenvalue weighted by molar-refractivity contribution is 6.45. The molecule has 2 N–H and O–H groups in total. The molecule has 186 valence electrons. The van der Waals surface area contributed by atoms with Gasteiger partial charge in [0.2, 0.25) is 0 Å². The van der Waals surface area contributed by atoms with Crippen LogP contribution in [0, 0.1) is 11.6 Å². The third kappa shape index (κ3) is 4.88. The van der Waals surface area contributed by atoms with Crippen molar-refractivity contribution in [2.45, 2.75) is 24.8 Å². The molecule has 2 amide bonds. The molecule has 5 rings (SSSR count). The minimum absolute atomic E-state index is 0.0546. The second kappa shape index (κ2) is 9.77. The molecule has 1 saturated carbocycles. The van der Waals surface area contributed by atoms with E-state index in [1.807, 2.05) is 0 Å². The van der Waals surface area contributed by atoms with Crippen LogP contribution in [0.25, 0.3) is 11.3 Å². The van der Waals surface area contributed by atoms with E-state index in [4.69, 9.17) is 4.42 Å². The standard InChI is InChI=1S/C28H21F2N3O4/c29-19-14-17(15-20(30)16-19)24-22(4-1-12-31-24)26(35)33-28(10-3-11-28)18-6-8-21(9-7-18)32-27(36)25(34)23-5-2-13-37-23/h1-2,4-9,12-16H,3,10-11H2,(H,32,36)(H,33,35). The minimum atomic E-state index is -0.827. The molecule has 7 nitrogen and oxygen atoms in total. The number of rotatable bonds is 7. The van der Waals surface area contributed by atoms with E-state index in [2.05, 4.69) is 15.6 Å². The molecular formula is C28H21F2N3O4. The Hall–Kier alpha value is -4.66. The first-order valence-corrected chi connectivity index (χ1v) is 11.6. The van der Waals surface area contributed by atoms with Crippen molar-refractivity contribution < 1.29 is 27.6 Å². The number of hydrogen-bond donors (Lipinski definition) is 2. The summed E-state index contributed by atoms with van der Waals surface area (Å²) >= 11 is 0. The van der Waals surface area contributed by atoms with E-state index >= 15 is 0 Å². The summed E-state index contributed by atoms with van der Waals surface area (Å²) in [6.07, 6.45) is 5.03. The first-order chi connectivity index (χ1) is 17.8. The van der Waals surface area contributed by atoms with Crippen LogP contribution in [0.5, 0.6) is 0 Å². The zero-order valence-corrected chi connectivity index (χ0v) is 19.5. The molecule has 0 saturated heterocycles. The van der Waals surface area contributed by atoms with Crippen LogP contribution in [-0.2, 0) is 10.3 Å². The Kier molecular flexibility index (Phi) is 6.35. The van der Waals surface area contributed by atoms with E-state index in [-0.39, 0.29) is 22.6 Å². The molecular weight excluding hydrogens is 480 g/mol. The summed E-state index contributed by atoms with van der Waals surface area (Å²) in [5, 5.41) is 5.62. The molecule has 0 spiro atoms. The maximum Gasteiger partial charge on any atom is 0.300 e. The van der Waals surface area contributed by atoms with Gasteiger partial charge >= 0.3 is 0 Å². The van der Waals surface area contributed by atoms with E-state index in [1.54, 1.807) is 36.4 Å². The van der Waals surface area contributed by atoms with Crippen molar-refractivity contribution in [1.29, 1.82) is 0 Å². The number of nitrogens with one attached hydrogen (secondary N) is 2. The van der Waals surface area contributed by atoms with Crippen LogP contribution >= 0.6 is 0 Å². The lowest BCUT2D eigenvalue weighted by molar-refractivity contribution is -0.112. The lowest BCUT2D eigenvalue weighted by Gasteiger charge is -2.43.